The average Bonchev–Trinajstić information content (AvgIpc) is 3.17. The van der Waals surface area contributed by atoms with E-state index in [9.17, 15) is 4.79 Å². The molecule has 0 radical (unpaired) electrons. The van der Waals surface area contributed by atoms with Crippen molar-refractivity contribution in [3.8, 4) is 11.3 Å². The summed E-state index contributed by atoms with van der Waals surface area (Å²) in [6, 6.07) is 13.1. The van der Waals surface area contributed by atoms with Crippen LogP contribution in [0.1, 0.15) is 16.2 Å². The van der Waals surface area contributed by atoms with Crippen molar-refractivity contribution >= 4 is 5.91 Å². The van der Waals surface area contributed by atoms with E-state index in [1.807, 2.05) is 49.6 Å². The van der Waals surface area contributed by atoms with E-state index in [0.717, 1.165) is 11.3 Å². The van der Waals surface area contributed by atoms with Gasteiger partial charge in [-0.2, -0.15) is 5.10 Å². The largest absolute Gasteiger partial charge is 0.355 e. The Morgan fingerprint density at radius 1 is 1.27 bits per heavy atom. The summed E-state index contributed by atoms with van der Waals surface area (Å²) in [5, 5.41) is 8.13. The molecule has 22 heavy (non-hydrogen) atoms. The van der Waals surface area contributed by atoms with E-state index in [1.54, 1.807) is 22.7 Å². The summed E-state index contributed by atoms with van der Waals surface area (Å²) < 4.78 is 6.96. The first kappa shape index (κ1) is 14.1. The Labute approximate surface area is 127 Å². The zero-order chi connectivity index (χ0) is 15.5. The van der Waals surface area contributed by atoms with Crippen LogP contribution in [-0.2, 0) is 13.6 Å². The van der Waals surface area contributed by atoms with Gasteiger partial charge >= 0.3 is 0 Å². The van der Waals surface area contributed by atoms with Crippen LogP contribution in [0.15, 0.2) is 53.2 Å². The number of carbonyl (C=O) groups excluding carboxylic acids is 1. The van der Waals surface area contributed by atoms with Crippen LogP contribution in [0.2, 0.25) is 0 Å². The molecule has 0 N–H and O–H groups in total. The number of nitrogens with zero attached hydrogens (tertiary/aromatic N) is 4. The molecule has 0 aliphatic heterocycles. The molecule has 2 heterocycles. The quantitative estimate of drug-likeness (QED) is 0.741. The van der Waals surface area contributed by atoms with Gasteiger partial charge in [0.2, 0.25) is 0 Å². The number of aromatic nitrogens is 3. The fourth-order valence-corrected chi connectivity index (χ4v) is 2.17. The molecule has 3 rings (SSSR count). The van der Waals surface area contributed by atoms with Crippen LogP contribution >= 0.6 is 0 Å². The second-order valence-corrected chi connectivity index (χ2v) is 5.08. The molecular formula is C16H16N4O2. The van der Waals surface area contributed by atoms with Gasteiger partial charge in [0.15, 0.2) is 11.5 Å². The van der Waals surface area contributed by atoms with E-state index in [4.69, 9.17) is 4.52 Å². The van der Waals surface area contributed by atoms with Crippen LogP contribution in [0.25, 0.3) is 11.3 Å². The molecule has 1 aromatic carbocycles. The highest BCUT2D eigenvalue weighted by atomic mass is 16.5. The average molecular weight is 296 g/mol. The van der Waals surface area contributed by atoms with Crippen LogP contribution in [0.5, 0.6) is 0 Å². The third-order valence-electron chi connectivity index (χ3n) is 3.30. The Hall–Kier alpha value is -2.89. The number of hydrogen-bond donors (Lipinski definition) is 0. The SMILES string of the molecule is CN(Cc1ccn(C)n1)C(=O)c1cc(-c2ccccc2)on1. The molecule has 3 aromatic rings. The minimum atomic E-state index is -0.198. The molecule has 0 aliphatic rings. The van der Waals surface area contributed by atoms with Crippen molar-refractivity contribution in [1.82, 2.24) is 19.8 Å². The summed E-state index contributed by atoms with van der Waals surface area (Å²) in [6.07, 6.45) is 1.84. The smallest absolute Gasteiger partial charge is 0.276 e. The molecule has 1 amide bonds. The molecule has 6 nitrogen and oxygen atoms in total. The van der Waals surface area contributed by atoms with Gasteiger partial charge in [0.1, 0.15) is 0 Å². The molecule has 0 bridgehead atoms. The third kappa shape index (κ3) is 2.90. The van der Waals surface area contributed by atoms with Gasteiger partial charge in [-0.3, -0.25) is 9.48 Å². The first-order valence-electron chi connectivity index (χ1n) is 6.89. The first-order valence-corrected chi connectivity index (χ1v) is 6.89. The van der Waals surface area contributed by atoms with Crippen molar-refractivity contribution in [2.24, 2.45) is 7.05 Å². The first-order chi connectivity index (χ1) is 10.6. The van der Waals surface area contributed by atoms with E-state index in [2.05, 4.69) is 10.3 Å². The lowest BCUT2D eigenvalue weighted by molar-refractivity contribution is 0.0773. The van der Waals surface area contributed by atoms with Gasteiger partial charge in [0.25, 0.3) is 5.91 Å². The van der Waals surface area contributed by atoms with Crippen LogP contribution in [0.4, 0.5) is 0 Å². The highest BCUT2D eigenvalue weighted by Gasteiger charge is 2.18. The fourth-order valence-electron chi connectivity index (χ4n) is 2.17. The van der Waals surface area contributed by atoms with Crippen LogP contribution in [0, 0.1) is 0 Å². The summed E-state index contributed by atoms with van der Waals surface area (Å²) in [7, 11) is 3.56. The minimum absolute atomic E-state index is 0.198. The molecule has 2 aromatic heterocycles. The molecule has 0 unspecified atom stereocenters. The lowest BCUT2D eigenvalue weighted by Crippen LogP contribution is -2.26. The molecule has 0 saturated heterocycles. The van der Waals surface area contributed by atoms with Crippen molar-refractivity contribution in [2.45, 2.75) is 6.54 Å². The molecule has 0 atom stereocenters. The zero-order valence-electron chi connectivity index (χ0n) is 12.4. The molecule has 0 saturated carbocycles. The maximum atomic E-state index is 12.4. The summed E-state index contributed by atoms with van der Waals surface area (Å²) in [5.74, 6) is 0.381. The van der Waals surface area contributed by atoms with Gasteiger partial charge in [-0.1, -0.05) is 35.5 Å². The van der Waals surface area contributed by atoms with E-state index >= 15 is 0 Å². The van der Waals surface area contributed by atoms with Crippen LogP contribution in [0.3, 0.4) is 0 Å². The maximum Gasteiger partial charge on any atom is 0.276 e. The second kappa shape index (κ2) is 5.85. The lowest BCUT2D eigenvalue weighted by Gasteiger charge is -2.13. The number of amides is 1. The number of rotatable bonds is 4. The molecule has 112 valence electrons. The molecular weight excluding hydrogens is 280 g/mol. The Morgan fingerprint density at radius 2 is 2.05 bits per heavy atom. The van der Waals surface area contributed by atoms with E-state index in [-0.39, 0.29) is 11.6 Å². The maximum absolute atomic E-state index is 12.4. The van der Waals surface area contributed by atoms with Crippen LogP contribution in [-0.4, -0.2) is 32.8 Å². The van der Waals surface area contributed by atoms with E-state index in [0.29, 0.717) is 12.3 Å². The van der Waals surface area contributed by atoms with E-state index in [1.165, 1.54) is 0 Å². The van der Waals surface area contributed by atoms with Gasteiger partial charge in [0.05, 0.1) is 12.2 Å². The number of carbonyl (C=O) groups is 1. The van der Waals surface area contributed by atoms with Gasteiger partial charge in [0, 0.05) is 31.9 Å². The molecule has 6 heteroatoms. The number of hydrogen-bond acceptors (Lipinski definition) is 4. The van der Waals surface area contributed by atoms with Gasteiger partial charge in [-0.15, -0.1) is 0 Å². The van der Waals surface area contributed by atoms with Crippen molar-refractivity contribution in [2.75, 3.05) is 7.05 Å². The van der Waals surface area contributed by atoms with E-state index < -0.39 is 0 Å². The molecule has 0 fully saturated rings. The van der Waals surface area contributed by atoms with Crippen LogP contribution < -0.4 is 0 Å². The third-order valence-corrected chi connectivity index (χ3v) is 3.30. The number of benzene rings is 1. The zero-order valence-corrected chi connectivity index (χ0v) is 12.4. The molecule has 0 spiro atoms. The second-order valence-electron chi connectivity index (χ2n) is 5.08. The predicted octanol–water partition coefficient (Wildman–Crippen LogP) is 2.35. The van der Waals surface area contributed by atoms with Crippen molar-refractivity contribution in [3.63, 3.8) is 0 Å². The lowest BCUT2D eigenvalue weighted by atomic mass is 10.1. The summed E-state index contributed by atoms with van der Waals surface area (Å²) in [5.41, 5.74) is 2.00. The van der Waals surface area contributed by atoms with Gasteiger partial charge in [-0.25, -0.2) is 0 Å². The standard InChI is InChI=1S/C16H16N4O2/c1-19(11-13-8-9-20(2)17-13)16(21)14-10-15(22-18-14)12-6-4-3-5-7-12/h3-10H,11H2,1-2H3. The Bertz CT molecular complexity index is 776. The van der Waals surface area contributed by atoms with Gasteiger partial charge in [-0.05, 0) is 6.07 Å². The normalized spacial score (nSPS) is 10.6. The predicted molar refractivity (Wildman–Crippen MR) is 80.9 cm³/mol. The topological polar surface area (TPSA) is 64.2 Å². The summed E-state index contributed by atoms with van der Waals surface area (Å²) in [4.78, 5) is 13.9. The van der Waals surface area contributed by atoms with Crippen molar-refractivity contribution in [1.29, 1.82) is 0 Å². The number of aryl methyl sites for hydroxylation is 1. The summed E-state index contributed by atoms with van der Waals surface area (Å²) in [6.45, 7) is 0.424. The van der Waals surface area contributed by atoms with Crippen molar-refractivity contribution in [3.05, 3.63) is 60.0 Å². The highest BCUT2D eigenvalue weighted by molar-refractivity contribution is 5.92. The fraction of sp³-hybridized carbons (Fsp3) is 0.188. The monoisotopic (exact) mass is 296 g/mol. The van der Waals surface area contributed by atoms with Gasteiger partial charge < -0.3 is 9.42 Å². The minimum Gasteiger partial charge on any atom is -0.355 e. The highest BCUT2D eigenvalue weighted by Crippen LogP contribution is 2.20. The van der Waals surface area contributed by atoms with Crippen molar-refractivity contribution < 1.29 is 9.32 Å². The Balaban J connectivity index is 1.74. The molecule has 0 aliphatic carbocycles. The summed E-state index contributed by atoms with van der Waals surface area (Å²) >= 11 is 0. The Kier molecular flexibility index (Phi) is 3.74. The Morgan fingerprint density at radius 3 is 2.73 bits per heavy atom.